The number of rotatable bonds is 6. The molecule has 1 rings (SSSR count). The van der Waals surface area contributed by atoms with Gasteiger partial charge in [-0.3, -0.25) is 4.79 Å². The number of para-hydroxylation sites is 1. The van der Waals surface area contributed by atoms with Crippen molar-refractivity contribution >= 4 is 11.5 Å². The molecule has 3 heteroatoms. The maximum absolute atomic E-state index is 11.8. The summed E-state index contributed by atoms with van der Waals surface area (Å²) in [6.45, 7) is 3.80. The summed E-state index contributed by atoms with van der Waals surface area (Å²) in [5.74, 6) is 0.206. The lowest BCUT2D eigenvalue weighted by Gasteiger charge is -2.23. The van der Waals surface area contributed by atoms with E-state index in [2.05, 4.69) is 23.9 Å². The van der Waals surface area contributed by atoms with E-state index in [1.54, 1.807) is 0 Å². The van der Waals surface area contributed by atoms with Gasteiger partial charge in [-0.25, -0.2) is 0 Å². The summed E-state index contributed by atoms with van der Waals surface area (Å²) in [7, 11) is 6.14. The average molecular weight is 234 g/mol. The van der Waals surface area contributed by atoms with Gasteiger partial charge < -0.3 is 9.80 Å². The monoisotopic (exact) mass is 234 g/mol. The van der Waals surface area contributed by atoms with Gasteiger partial charge in [-0.15, -0.1) is 0 Å². The molecule has 17 heavy (non-hydrogen) atoms. The molecule has 0 unspecified atom stereocenters. The summed E-state index contributed by atoms with van der Waals surface area (Å²) in [6.07, 6.45) is 0.554. The number of Topliss-reactive ketones (excluding diaryl/α,β-unsaturated/α-hetero) is 1. The second-order valence-electron chi connectivity index (χ2n) is 4.52. The minimum Gasteiger partial charge on any atom is -0.373 e. The van der Waals surface area contributed by atoms with Gasteiger partial charge in [0.25, 0.3) is 0 Å². The van der Waals surface area contributed by atoms with E-state index in [-0.39, 0.29) is 5.78 Å². The lowest BCUT2D eigenvalue weighted by Crippen LogP contribution is -2.29. The molecular weight excluding hydrogens is 212 g/mol. The molecule has 0 aliphatic carbocycles. The molecule has 0 radical (unpaired) electrons. The molecule has 0 saturated carbocycles. The smallest absolute Gasteiger partial charge is 0.164 e. The molecule has 0 aliphatic heterocycles. The Morgan fingerprint density at radius 2 is 1.76 bits per heavy atom. The van der Waals surface area contributed by atoms with Crippen molar-refractivity contribution in [3.63, 3.8) is 0 Å². The third-order valence-corrected chi connectivity index (χ3v) is 2.82. The first-order chi connectivity index (χ1) is 8.06. The van der Waals surface area contributed by atoms with Crippen molar-refractivity contribution in [2.24, 2.45) is 0 Å². The van der Waals surface area contributed by atoms with Crippen molar-refractivity contribution in [2.75, 3.05) is 39.1 Å². The number of nitrogens with zero attached hydrogens (tertiary/aromatic N) is 2. The van der Waals surface area contributed by atoms with E-state index in [9.17, 15) is 4.79 Å². The number of anilines is 1. The summed E-state index contributed by atoms with van der Waals surface area (Å²) in [5.41, 5.74) is 1.86. The molecule has 1 aromatic carbocycles. The van der Waals surface area contributed by atoms with Crippen molar-refractivity contribution < 1.29 is 4.79 Å². The fraction of sp³-hybridized carbons (Fsp3) is 0.500. The fourth-order valence-corrected chi connectivity index (χ4v) is 1.70. The Hall–Kier alpha value is -1.35. The zero-order valence-corrected chi connectivity index (χ0v) is 11.2. The molecule has 1 aromatic rings. The van der Waals surface area contributed by atoms with Crippen LogP contribution < -0.4 is 4.90 Å². The van der Waals surface area contributed by atoms with Gasteiger partial charge in [0.2, 0.25) is 0 Å². The highest BCUT2D eigenvalue weighted by Crippen LogP contribution is 2.20. The van der Waals surface area contributed by atoms with Crippen LogP contribution in [0, 0.1) is 0 Å². The Morgan fingerprint density at radius 1 is 1.12 bits per heavy atom. The van der Waals surface area contributed by atoms with Crippen LogP contribution in [0.2, 0.25) is 0 Å². The van der Waals surface area contributed by atoms with Crippen LogP contribution in [0.3, 0.4) is 0 Å². The molecule has 0 amide bonds. The summed E-state index contributed by atoms with van der Waals surface area (Å²) < 4.78 is 0. The first kappa shape index (κ1) is 13.7. The second kappa shape index (κ2) is 6.40. The van der Waals surface area contributed by atoms with Crippen LogP contribution in [0.4, 0.5) is 5.69 Å². The summed E-state index contributed by atoms with van der Waals surface area (Å²) in [4.78, 5) is 16.1. The Kier molecular flexibility index (Phi) is 5.16. The van der Waals surface area contributed by atoms with Crippen molar-refractivity contribution in [1.29, 1.82) is 0 Å². The highest BCUT2D eigenvalue weighted by atomic mass is 16.1. The molecule has 3 nitrogen and oxygen atoms in total. The molecule has 0 fully saturated rings. The van der Waals surface area contributed by atoms with Crippen molar-refractivity contribution in [2.45, 2.75) is 13.3 Å². The van der Waals surface area contributed by atoms with Crippen LogP contribution >= 0.6 is 0 Å². The number of hydrogen-bond acceptors (Lipinski definition) is 3. The standard InChI is InChI=1S/C14H22N2O/c1-5-14(17)12-8-6-7-9-13(12)16(4)11-10-15(2)3/h6-9H,5,10-11H2,1-4H3. The van der Waals surface area contributed by atoms with Gasteiger partial charge in [-0.1, -0.05) is 19.1 Å². The van der Waals surface area contributed by atoms with Crippen LogP contribution in [0.15, 0.2) is 24.3 Å². The largest absolute Gasteiger partial charge is 0.373 e. The number of ketones is 1. The van der Waals surface area contributed by atoms with Crippen LogP contribution in [-0.2, 0) is 0 Å². The van der Waals surface area contributed by atoms with Crippen molar-refractivity contribution in [3.05, 3.63) is 29.8 Å². The first-order valence-corrected chi connectivity index (χ1v) is 6.04. The van der Waals surface area contributed by atoms with Gasteiger partial charge in [0, 0.05) is 37.8 Å². The summed E-state index contributed by atoms with van der Waals surface area (Å²) >= 11 is 0. The molecule has 0 aliphatic rings. The molecule has 0 heterocycles. The molecule has 0 spiro atoms. The third-order valence-electron chi connectivity index (χ3n) is 2.82. The van der Waals surface area contributed by atoms with Gasteiger partial charge in [0.1, 0.15) is 0 Å². The molecule has 0 aromatic heterocycles. The zero-order chi connectivity index (χ0) is 12.8. The van der Waals surface area contributed by atoms with Crippen molar-refractivity contribution in [3.8, 4) is 0 Å². The van der Waals surface area contributed by atoms with Gasteiger partial charge in [-0.2, -0.15) is 0 Å². The number of carbonyl (C=O) groups is 1. The lowest BCUT2D eigenvalue weighted by molar-refractivity contribution is 0.0988. The molecular formula is C14H22N2O. The minimum absolute atomic E-state index is 0.206. The van der Waals surface area contributed by atoms with Gasteiger partial charge >= 0.3 is 0 Å². The maximum atomic E-state index is 11.8. The Bertz CT molecular complexity index is 374. The topological polar surface area (TPSA) is 23.6 Å². The predicted octanol–water partition coefficient (Wildman–Crippen LogP) is 2.28. The Balaban J connectivity index is 2.85. The van der Waals surface area contributed by atoms with E-state index in [4.69, 9.17) is 0 Å². The zero-order valence-electron chi connectivity index (χ0n) is 11.2. The van der Waals surface area contributed by atoms with Crippen LogP contribution in [0.1, 0.15) is 23.7 Å². The first-order valence-electron chi connectivity index (χ1n) is 6.04. The van der Waals surface area contributed by atoms with E-state index in [1.165, 1.54) is 0 Å². The normalized spacial score (nSPS) is 10.6. The molecule has 0 N–H and O–H groups in total. The van der Waals surface area contributed by atoms with Crippen LogP contribution in [0.5, 0.6) is 0 Å². The highest BCUT2D eigenvalue weighted by molar-refractivity contribution is 6.01. The van der Waals surface area contributed by atoms with Crippen molar-refractivity contribution in [1.82, 2.24) is 4.90 Å². The highest BCUT2D eigenvalue weighted by Gasteiger charge is 2.11. The third kappa shape index (κ3) is 3.86. The van der Waals surface area contributed by atoms with Crippen LogP contribution in [0.25, 0.3) is 0 Å². The minimum atomic E-state index is 0.206. The molecule has 94 valence electrons. The molecule has 0 bridgehead atoms. The number of benzene rings is 1. The number of likely N-dealkylation sites (N-methyl/N-ethyl adjacent to an activating group) is 2. The number of carbonyl (C=O) groups excluding carboxylic acids is 1. The van der Waals surface area contributed by atoms with E-state index < -0.39 is 0 Å². The average Bonchev–Trinajstić information content (AvgIpc) is 2.34. The van der Waals surface area contributed by atoms with E-state index in [0.29, 0.717) is 6.42 Å². The van der Waals surface area contributed by atoms with E-state index in [0.717, 1.165) is 24.3 Å². The Labute approximate surface area is 104 Å². The SMILES string of the molecule is CCC(=O)c1ccccc1N(C)CCN(C)C. The Morgan fingerprint density at radius 3 is 2.35 bits per heavy atom. The summed E-state index contributed by atoms with van der Waals surface area (Å²) in [5, 5.41) is 0. The summed E-state index contributed by atoms with van der Waals surface area (Å²) in [6, 6.07) is 7.83. The number of hydrogen-bond donors (Lipinski definition) is 0. The molecule has 0 atom stereocenters. The van der Waals surface area contributed by atoms with Gasteiger partial charge in [0.05, 0.1) is 0 Å². The van der Waals surface area contributed by atoms with Gasteiger partial charge in [-0.05, 0) is 26.2 Å². The van der Waals surface area contributed by atoms with Gasteiger partial charge in [0.15, 0.2) is 5.78 Å². The van der Waals surface area contributed by atoms with Crippen LogP contribution in [-0.4, -0.2) is 44.9 Å². The predicted molar refractivity (Wildman–Crippen MR) is 72.9 cm³/mol. The quantitative estimate of drug-likeness (QED) is 0.705. The van der Waals surface area contributed by atoms with E-state index >= 15 is 0 Å². The second-order valence-corrected chi connectivity index (χ2v) is 4.52. The van der Waals surface area contributed by atoms with E-state index in [1.807, 2.05) is 38.2 Å². The fourth-order valence-electron chi connectivity index (χ4n) is 1.70. The lowest BCUT2D eigenvalue weighted by atomic mass is 10.1. The maximum Gasteiger partial charge on any atom is 0.164 e. The molecule has 0 saturated heterocycles.